The van der Waals surface area contributed by atoms with Crippen LogP contribution in [-0.4, -0.2) is 11.0 Å². The number of nitrogens with one attached hydrogen (secondary N) is 1. The molecule has 1 atom stereocenters. The van der Waals surface area contributed by atoms with E-state index >= 15 is 0 Å². The minimum absolute atomic E-state index is 0.183. The van der Waals surface area contributed by atoms with Crippen molar-refractivity contribution in [3.63, 3.8) is 0 Å². The van der Waals surface area contributed by atoms with Crippen LogP contribution in [0, 0.1) is 23.0 Å². The molecular formula is C15H22N2O2. The van der Waals surface area contributed by atoms with Crippen molar-refractivity contribution in [3.05, 3.63) is 33.9 Å². The summed E-state index contributed by atoms with van der Waals surface area (Å²) < 4.78 is 0. The van der Waals surface area contributed by atoms with Crippen molar-refractivity contribution in [2.45, 2.75) is 52.0 Å². The number of benzene rings is 1. The SMILES string of the molecule is Cc1cccc([N+](=O)[O-])c1NC(C)C1CCCCC1. The second kappa shape index (κ2) is 6.04. The molecule has 0 bridgehead atoms. The van der Waals surface area contributed by atoms with Gasteiger partial charge < -0.3 is 5.32 Å². The molecule has 2 rings (SSSR count). The molecule has 4 nitrogen and oxygen atoms in total. The van der Waals surface area contributed by atoms with Gasteiger partial charge in [0.25, 0.3) is 5.69 Å². The highest BCUT2D eigenvalue weighted by atomic mass is 16.6. The third-order valence-corrected chi connectivity index (χ3v) is 4.18. The molecule has 0 radical (unpaired) electrons. The quantitative estimate of drug-likeness (QED) is 0.650. The Balaban J connectivity index is 2.15. The predicted octanol–water partition coefficient (Wildman–Crippen LogP) is 4.28. The molecule has 1 aliphatic rings. The Hall–Kier alpha value is -1.58. The van der Waals surface area contributed by atoms with E-state index in [1.54, 1.807) is 12.1 Å². The molecule has 0 amide bonds. The summed E-state index contributed by atoms with van der Waals surface area (Å²) in [5.41, 5.74) is 1.81. The lowest BCUT2D eigenvalue weighted by atomic mass is 9.84. The van der Waals surface area contributed by atoms with E-state index in [0.29, 0.717) is 17.6 Å². The summed E-state index contributed by atoms with van der Waals surface area (Å²) >= 11 is 0. The number of anilines is 1. The molecule has 0 aromatic heterocycles. The van der Waals surface area contributed by atoms with Gasteiger partial charge in [0.1, 0.15) is 5.69 Å². The van der Waals surface area contributed by atoms with Crippen LogP contribution >= 0.6 is 0 Å². The number of rotatable bonds is 4. The normalized spacial score (nSPS) is 18.0. The highest BCUT2D eigenvalue weighted by Gasteiger charge is 2.23. The van der Waals surface area contributed by atoms with E-state index < -0.39 is 0 Å². The van der Waals surface area contributed by atoms with Gasteiger partial charge in [-0.25, -0.2) is 0 Å². The number of hydrogen-bond donors (Lipinski definition) is 1. The van der Waals surface area contributed by atoms with Crippen LogP contribution in [0.5, 0.6) is 0 Å². The summed E-state index contributed by atoms with van der Waals surface area (Å²) in [6.45, 7) is 4.06. The fraction of sp³-hybridized carbons (Fsp3) is 0.600. The molecule has 1 unspecified atom stereocenters. The lowest BCUT2D eigenvalue weighted by molar-refractivity contribution is -0.384. The largest absolute Gasteiger partial charge is 0.377 e. The third-order valence-electron chi connectivity index (χ3n) is 4.18. The maximum absolute atomic E-state index is 11.1. The van der Waals surface area contributed by atoms with Gasteiger partial charge in [-0.05, 0) is 38.2 Å². The zero-order chi connectivity index (χ0) is 13.8. The fourth-order valence-electron chi connectivity index (χ4n) is 2.97. The summed E-state index contributed by atoms with van der Waals surface area (Å²) in [5, 5.41) is 14.5. The minimum Gasteiger partial charge on any atom is -0.377 e. The summed E-state index contributed by atoms with van der Waals surface area (Å²) in [5.74, 6) is 0.632. The van der Waals surface area contributed by atoms with Crippen LogP contribution in [0.1, 0.15) is 44.6 Å². The Morgan fingerprint density at radius 1 is 1.32 bits per heavy atom. The van der Waals surface area contributed by atoms with Crippen LogP contribution in [-0.2, 0) is 0 Å². The van der Waals surface area contributed by atoms with Crippen LogP contribution in [0.3, 0.4) is 0 Å². The average Bonchev–Trinajstić information content (AvgIpc) is 2.41. The number of para-hydroxylation sites is 1. The Morgan fingerprint density at radius 3 is 2.63 bits per heavy atom. The van der Waals surface area contributed by atoms with Gasteiger partial charge in [0.05, 0.1) is 4.92 Å². The summed E-state index contributed by atoms with van der Waals surface area (Å²) in [7, 11) is 0. The Morgan fingerprint density at radius 2 is 2.00 bits per heavy atom. The smallest absolute Gasteiger partial charge is 0.292 e. The number of hydrogen-bond acceptors (Lipinski definition) is 3. The first-order chi connectivity index (χ1) is 9.09. The van der Waals surface area contributed by atoms with Gasteiger partial charge in [0, 0.05) is 12.1 Å². The third kappa shape index (κ3) is 3.25. The van der Waals surface area contributed by atoms with E-state index in [1.807, 2.05) is 13.0 Å². The van der Waals surface area contributed by atoms with Gasteiger partial charge in [0.15, 0.2) is 0 Å². The molecule has 4 heteroatoms. The molecule has 1 aromatic carbocycles. The molecule has 0 saturated heterocycles. The molecule has 1 saturated carbocycles. The molecule has 1 aromatic rings. The molecule has 1 fully saturated rings. The zero-order valence-electron chi connectivity index (χ0n) is 11.7. The van der Waals surface area contributed by atoms with E-state index in [0.717, 1.165) is 5.56 Å². The van der Waals surface area contributed by atoms with Gasteiger partial charge in [-0.3, -0.25) is 10.1 Å². The predicted molar refractivity (Wildman–Crippen MR) is 77.5 cm³/mol. The molecule has 19 heavy (non-hydrogen) atoms. The standard InChI is InChI=1S/C15H22N2O2/c1-11-7-6-10-14(17(18)19)15(11)16-12(2)13-8-4-3-5-9-13/h6-7,10,12-13,16H,3-5,8-9H2,1-2H3. The van der Waals surface area contributed by atoms with Gasteiger partial charge in [0.2, 0.25) is 0 Å². The Bertz CT molecular complexity index is 453. The molecule has 0 spiro atoms. The lowest BCUT2D eigenvalue weighted by Gasteiger charge is -2.29. The number of nitrogens with zero attached hydrogens (tertiary/aromatic N) is 1. The van der Waals surface area contributed by atoms with E-state index in [9.17, 15) is 10.1 Å². The molecule has 0 heterocycles. The van der Waals surface area contributed by atoms with E-state index in [2.05, 4.69) is 12.2 Å². The van der Waals surface area contributed by atoms with Crippen LogP contribution in [0.25, 0.3) is 0 Å². The van der Waals surface area contributed by atoms with Crippen LogP contribution < -0.4 is 5.32 Å². The van der Waals surface area contributed by atoms with E-state index in [4.69, 9.17) is 0 Å². The second-order valence-corrected chi connectivity index (χ2v) is 5.56. The molecule has 1 aliphatic carbocycles. The van der Waals surface area contributed by atoms with Gasteiger partial charge in [-0.2, -0.15) is 0 Å². The van der Waals surface area contributed by atoms with Gasteiger partial charge >= 0.3 is 0 Å². The molecular weight excluding hydrogens is 240 g/mol. The highest BCUT2D eigenvalue weighted by molar-refractivity contribution is 5.66. The van der Waals surface area contributed by atoms with Crippen molar-refractivity contribution in [1.82, 2.24) is 0 Å². The maximum Gasteiger partial charge on any atom is 0.292 e. The van der Waals surface area contributed by atoms with E-state index in [-0.39, 0.29) is 10.6 Å². The zero-order valence-corrected chi connectivity index (χ0v) is 11.7. The van der Waals surface area contributed by atoms with E-state index in [1.165, 1.54) is 32.1 Å². The van der Waals surface area contributed by atoms with Gasteiger partial charge in [-0.1, -0.05) is 31.4 Å². The summed E-state index contributed by atoms with van der Waals surface area (Å²) in [6.07, 6.45) is 6.36. The van der Waals surface area contributed by atoms with Crippen LogP contribution in [0.4, 0.5) is 11.4 Å². The topological polar surface area (TPSA) is 55.2 Å². The number of nitro groups is 1. The van der Waals surface area contributed by atoms with Crippen LogP contribution in [0.2, 0.25) is 0 Å². The first-order valence-electron chi connectivity index (χ1n) is 7.10. The fourth-order valence-corrected chi connectivity index (χ4v) is 2.97. The average molecular weight is 262 g/mol. The molecule has 0 aliphatic heterocycles. The van der Waals surface area contributed by atoms with Crippen molar-refractivity contribution in [3.8, 4) is 0 Å². The van der Waals surface area contributed by atoms with Crippen molar-refractivity contribution in [2.24, 2.45) is 5.92 Å². The summed E-state index contributed by atoms with van der Waals surface area (Å²) in [6, 6.07) is 5.52. The second-order valence-electron chi connectivity index (χ2n) is 5.56. The van der Waals surface area contributed by atoms with Gasteiger partial charge in [-0.15, -0.1) is 0 Å². The molecule has 1 N–H and O–H groups in total. The van der Waals surface area contributed by atoms with Crippen LogP contribution in [0.15, 0.2) is 18.2 Å². The van der Waals surface area contributed by atoms with Crippen molar-refractivity contribution in [2.75, 3.05) is 5.32 Å². The Kier molecular flexibility index (Phi) is 4.40. The minimum atomic E-state index is -0.303. The highest BCUT2D eigenvalue weighted by Crippen LogP contribution is 2.32. The number of nitro benzene ring substituents is 1. The van der Waals surface area contributed by atoms with Crippen molar-refractivity contribution < 1.29 is 4.92 Å². The summed E-state index contributed by atoms with van der Waals surface area (Å²) in [4.78, 5) is 10.8. The molecule has 104 valence electrons. The first-order valence-corrected chi connectivity index (χ1v) is 7.10. The van der Waals surface area contributed by atoms with Crippen molar-refractivity contribution >= 4 is 11.4 Å². The monoisotopic (exact) mass is 262 g/mol. The lowest BCUT2D eigenvalue weighted by Crippen LogP contribution is -2.28. The Labute approximate surface area is 114 Å². The van der Waals surface area contributed by atoms with Crippen molar-refractivity contribution in [1.29, 1.82) is 0 Å². The maximum atomic E-state index is 11.1. The first kappa shape index (κ1) is 13.8. The number of aryl methyl sites for hydroxylation is 1.